The van der Waals surface area contributed by atoms with E-state index < -0.39 is 0 Å². The molecule has 0 heterocycles. The van der Waals surface area contributed by atoms with Gasteiger partial charge in [0.05, 0.1) is 0 Å². The summed E-state index contributed by atoms with van der Waals surface area (Å²) in [5, 5.41) is 0.732. The van der Waals surface area contributed by atoms with Crippen molar-refractivity contribution in [2.24, 2.45) is 5.73 Å². The summed E-state index contributed by atoms with van der Waals surface area (Å²) in [6.45, 7) is 5.40. The zero-order valence-corrected chi connectivity index (χ0v) is 11.7. The van der Waals surface area contributed by atoms with Crippen molar-refractivity contribution in [2.45, 2.75) is 49.0 Å². The van der Waals surface area contributed by atoms with Crippen molar-refractivity contribution in [1.82, 2.24) is 0 Å². The molecule has 1 aliphatic rings. The predicted octanol–water partition coefficient (Wildman–Crippen LogP) is 3.79. The molecule has 0 aromatic heterocycles. The smallest absolute Gasteiger partial charge is 0.0296 e. The van der Waals surface area contributed by atoms with Gasteiger partial charge in [0.2, 0.25) is 0 Å². The Balaban J connectivity index is 1.95. The van der Waals surface area contributed by atoms with E-state index in [1.807, 2.05) is 0 Å². The Morgan fingerprint density at radius 1 is 1.35 bits per heavy atom. The van der Waals surface area contributed by atoms with E-state index in [2.05, 4.69) is 55.9 Å². The second kappa shape index (κ2) is 5.45. The van der Waals surface area contributed by atoms with Gasteiger partial charge in [-0.3, -0.25) is 0 Å². The van der Waals surface area contributed by atoms with Crippen LogP contribution in [0.1, 0.15) is 44.6 Å². The van der Waals surface area contributed by atoms with Crippen molar-refractivity contribution in [2.75, 3.05) is 6.54 Å². The standard InChI is InChI=1S/C15H23NS/c1-3-12(2)17-15(11-16)9-14(10-15)13-7-5-4-6-8-13/h4-8,12,14H,3,9-11,16H2,1-2H3. The van der Waals surface area contributed by atoms with Crippen molar-refractivity contribution in [3.05, 3.63) is 35.9 Å². The molecule has 17 heavy (non-hydrogen) atoms. The molecule has 0 amide bonds. The summed E-state index contributed by atoms with van der Waals surface area (Å²) in [5.41, 5.74) is 7.48. The molecule has 94 valence electrons. The fourth-order valence-electron chi connectivity index (χ4n) is 2.62. The monoisotopic (exact) mass is 249 g/mol. The maximum absolute atomic E-state index is 5.99. The van der Waals surface area contributed by atoms with Gasteiger partial charge < -0.3 is 5.73 Å². The van der Waals surface area contributed by atoms with Crippen LogP contribution in [0.2, 0.25) is 0 Å². The molecule has 0 bridgehead atoms. The molecule has 0 aliphatic heterocycles. The van der Waals surface area contributed by atoms with E-state index in [-0.39, 0.29) is 0 Å². The third-order valence-electron chi connectivity index (χ3n) is 3.91. The first kappa shape index (κ1) is 13.0. The van der Waals surface area contributed by atoms with Crippen LogP contribution in [0.3, 0.4) is 0 Å². The first-order valence-electron chi connectivity index (χ1n) is 6.62. The van der Waals surface area contributed by atoms with Crippen LogP contribution in [-0.4, -0.2) is 16.5 Å². The zero-order valence-electron chi connectivity index (χ0n) is 10.9. The van der Waals surface area contributed by atoms with E-state index in [0.29, 0.717) is 4.75 Å². The highest BCUT2D eigenvalue weighted by Crippen LogP contribution is 2.53. The molecule has 2 N–H and O–H groups in total. The Morgan fingerprint density at radius 3 is 2.53 bits per heavy atom. The van der Waals surface area contributed by atoms with Crippen molar-refractivity contribution in [1.29, 1.82) is 0 Å². The quantitative estimate of drug-likeness (QED) is 0.859. The third-order valence-corrected chi connectivity index (χ3v) is 5.64. The summed E-state index contributed by atoms with van der Waals surface area (Å²) in [6, 6.07) is 10.9. The maximum atomic E-state index is 5.99. The molecule has 1 atom stereocenters. The lowest BCUT2D eigenvalue weighted by atomic mass is 9.70. The molecule has 1 unspecified atom stereocenters. The number of hydrogen-bond donors (Lipinski definition) is 1. The third kappa shape index (κ3) is 2.86. The van der Waals surface area contributed by atoms with Gasteiger partial charge in [0.1, 0.15) is 0 Å². The van der Waals surface area contributed by atoms with Gasteiger partial charge in [0.15, 0.2) is 0 Å². The lowest BCUT2D eigenvalue weighted by molar-refractivity contribution is 0.312. The predicted molar refractivity (Wildman–Crippen MR) is 77.5 cm³/mol. The molecule has 1 saturated carbocycles. The molecule has 0 spiro atoms. The summed E-state index contributed by atoms with van der Waals surface area (Å²) in [4.78, 5) is 0. The number of nitrogens with two attached hydrogens (primary N) is 1. The first-order valence-corrected chi connectivity index (χ1v) is 7.50. The normalized spacial score (nSPS) is 29.7. The SMILES string of the molecule is CCC(C)SC1(CN)CC(c2ccccc2)C1. The molecular formula is C15H23NS. The van der Waals surface area contributed by atoms with E-state index in [0.717, 1.165) is 17.7 Å². The largest absolute Gasteiger partial charge is 0.329 e. The van der Waals surface area contributed by atoms with E-state index in [9.17, 15) is 0 Å². The van der Waals surface area contributed by atoms with Crippen LogP contribution in [-0.2, 0) is 0 Å². The number of rotatable bonds is 5. The second-order valence-corrected chi connectivity index (χ2v) is 7.15. The van der Waals surface area contributed by atoms with Gasteiger partial charge in [-0.15, -0.1) is 0 Å². The second-order valence-electron chi connectivity index (χ2n) is 5.24. The van der Waals surface area contributed by atoms with E-state index in [1.165, 1.54) is 24.8 Å². The van der Waals surface area contributed by atoms with Crippen LogP contribution in [0.15, 0.2) is 30.3 Å². The van der Waals surface area contributed by atoms with Gasteiger partial charge in [0.25, 0.3) is 0 Å². The lowest BCUT2D eigenvalue weighted by Crippen LogP contribution is -2.46. The van der Waals surface area contributed by atoms with Crippen LogP contribution in [0.5, 0.6) is 0 Å². The fraction of sp³-hybridized carbons (Fsp3) is 0.600. The Hall–Kier alpha value is -0.470. The minimum absolute atomic E-state index is 0.357. The van der Waals surface area contributed by atoms with Crippen molar-refractivity contribution in [3.8, 4) is 0 Å². The molecule has 1 nitrogen and oxygen atoms in total. The van der Waals surface area contributed by atoms with Crippen LogP contribution >= 0.6 is 11.8 Å². The fourth-order valence-corrected chi connectivity index (χ4v) is 4.33. The topological polar surface area (TPSA) is 26.0 Å². The highest BCUT2D eigenvalue weighted by atomic mass is 32.2. The summed E-state index contributed by atoms with van der Waals surface area (Å²) in [7, 11) is 0. The summed E-state index contributed by atoms with van der Waals surface area (Å²) >= 11 is 2.11. The Labute approximate surface area is 109 Å². The Bertz CT molecular complexity index is 343. The average Bonchev–Trinajstić information content (AvgIpc) is 2.34. The lowest BCUT2D eigenvalue weighted by Gasteiger charge is -2.48. The van der Waals surface area contributed by atoms with E-state index in [4.69, 9.17) is 5.73 Å². The van der Waals surface area contributed by atoms with Crippen molar-refractivity contribution >= 4 is 11.8 Å². The Morgan fingerprint density at radius 2 is 2.00 bits per heavy atom. The van der Waals surface area contributed by atoms with Gasteiger partial charge in [-0.2, -0.15) is 11.8 Å². The number of hydrogen-bond acceptors (Lipinski definition) is 2. The molecule has 1 aromatic rings. The average molecular weight is 249 g/mol. The highest BCUT2D eigenvalue weighted by molar-refractivity contribution is 8.01. The van der Waals surface area contributed by atoms with Gasteiger partial charge >= 0.3 is 0 Å². The van der Waals surface area contributed by atoms with Gasteiger partial charge in [-0.1, -0.05) is 44.2 Å². The molecule has 2 rings (SSSR count). The van der Waals surface area contributed by atoms with Crippen LogP contribution in [0, 0.1) is 0 Å². The Kier molecular flexibility index (Phi) is 4.16. The molecule has 1 fully saturated rings. The van der Waals surface area contributed by atoms with Crippen LogP contribution < -0.4 is 5.73 Å². The molecule has 0 radical (unpaired) electrons. The number of thioether (sulfide) groups is 1. The first-order chi connectivity index (χ1) is 8.19. The highest BCUT2D eigenvalue weighted by Gasteiger charge is 2.44. The van der Waals surface area contributed by atoms with Crippen LogP contribution in [0.25, 0.3) is 0 Å². The van der Waals surface area contributed by atoms with Gasteiger partial charge in [-0.05, 0) is 30.7 Å². The van der Waals surface area contributed by atoms with Gasteiger partial charge in [0, 0.05) is 16.5 Å². The van der Waals surface area contributed by atoms with Crippen molar-refractivity contribution in [3.63, 3.8) is 0 Å². The van der Waals surface area contributed by atoms with E-state index in [1.54, 1.807) is 0 Å². The van der Waals surface area contributed by atoms with E-state index >= 15 is 0 Å². The van der Waals surface area contributed by atoms with Crippen LogP contribution in [0.4, 0.5) is 0 Å². The molecule has 1 aliphatic carbocycles. The zero-order chi connectivity index (χ0) is 12.3. The summed E-state index contributed by atoms with van der Waals surface area (Å²) in [5.74, 6) is 0.733. The summed E-state index contributed by atoms with van der Waals surface area (Å²) < 4.78 is 0.357. The molecule has 1 aromatic carbocycles. The minimum Gasteiger partial charge on any atom is -0.329 e. The maximum Gasteiger partial charge on any atom is 0.0296 e. The molecule has 2 heteroatoms. The minimum atomic E-state index is 0.357. The molecular weight excluding hydrogens is 226 g/mol. The van der Waals surface area contributed by atoms with Gasteiger partial charge in [-0.25, -0.2) is 0 Å². The summed E-state index contributed by atoms with van der Waals surface area (Å²) in [6.07, 6.45) is 3.74. The van der Waals surface area contributed by atoms with Crippen molar-refractivity contribution < 1.29 is 0 Å². The number of benzene rings is 1. The molecule has 0 saturated heterocycles.